The Balaban J connectivity index is 2.14. The van der Waals surface area contributed by atoms with Gasteiger partial charge in [-0.25, -0.2) is 4.39 Å². The number of benzene rings is 1. The Labute approximate surface area is 130 Å². The van der Waals surface area contributed by atoms with Crippen LogP contribution < -0.4 is 4.74 Å². The number of ether oxygens (including phenoxy) is 1. The number of thiol groups is 1. The highest BCUT2D eigenvalue weighted by Crippen LogP contribution is 2.22. The number of nitrogens with zero attached hydrogens (tertiary/aromatic N) is 1. The van der Waals surface area contributed by atoms with Gasteiger partial charge in [0, 0.05) is 6.07 Å². The van der Waals surface area contributed by atoms with E-state index in [0.717, 1.165) is 31.1 Å². The molecule has 118 valence electrons. The molecule has 6 heteroatoms. The molecule has 0 aromatic heterocycles. The molecule has 0 saturated heterocycles. The van der Waals surface area contributed by atoms with Crippen LogP contribution in [0, 0.1) is 15.9 Å². The predicted octanol–water partition coefficient (Wildman–Crippen LogP) is 4.77. The van der Waals surface area contributed by atoms with Crippen LogP contribution in [-0.2, 0) is 0 Å². The molecule has 4 nitrogen and oxygen atoms in total. The van der Waals surface area contributed by atoms with E-state index in [-0.39, 0.29) is 11.4 Å². The summed E-state index contributed by atoms with van der Waals surface area (Å²) in [6.07, 6.45) is 7.91. The number of hydrogen-bond acceptors (Lipinski definition) is 4. The van der Waals surface area contributed by atoms with Crippen molar-refractivity contribution in [2.24, 2.45) is 0 Å². The van der Waals surface area contributed by atoms with Crippen molar-refractivity contribution < 1.29 is 14.1 Å². The monoisotopic (exact) mass is 315 g/mol. The maximum absolute atomic E-state index is 13.5. The molecule has 0 unspecified atom stereocenters. The molecule has 0 spiro atoms. The van der Waals surface area contributed by atoms with E-state index < -0.39 is 10.7 Å². The lowest BCUT2D eigenvalue weighted by atomic mass is 10.1. The molecule has 0 amide bonds. The fourth-order valence-electron chi connectivity index (χ4n) is 2.00. The molecule has 0 aliphatic heterocycles. The zero-order valence-electron chi connectivity index (χ0n) is 12.1. The number of rotatable bonds is 11. The largest absolute Gasteiger partial charge is 0.491 e. The molecule has 0 bridgehead atoms. The van der Waals surface area contributed by atoms with Gasteiger partial charge in [-0.15, -0.1) is 0 Å². The summed E-state index contributed by atoms with van der Waals surface area (Å²) in [6.45, 7) is 0.436. The molecule has 0 saturated carbocycles. The van der Waals surface area contributed by atoms with Gasteiger partial charge in [0.05, 0.1) is 17.6 Å². The van der Waals surface area contributed by atoms with E-state index in [1.807, 2.05) is 0 Å². The average Bonchev–Trinajstić information content (AvgIpc) is 2.46. The number of nitro groups is 1. The zero-order chi connectivity index (χ0) is 15.5. The lowest BCUT2D eigenvalue weighted by Crippen LogP contribution is -2.00. The van der Waals surface area contributed by atoms with Crippen LogP contribution in [0.5, 0.6) is 5.75 Å². The minimum atomic E-state index is -0.684. The standard InChI is InChI=1S/C15H22FNO3S/c16-14-12-13(17(18)19)8-9-15(14)20-10-6-4-2-1-3-5-7-11-21/h8-9,12,21H,1-7,10-11H2. The molecule has 0 N–H and O–H groups in total. The van der Waals surface area contributed by atoms with E-state index in [2.05, 4.69) is 12.6 Å². The van der Waals surface area contributed by atoms with E-state index >= 15 is 0 Å². The van der Waals surface area contributed by atoms with E-state index in [1.54, 1.807) is 0 Å². The van der Waals surface area contributed by atoms with Gasteiger partial charge in [0.1, 0.15) is 0 Å². The van der Waals surface area contributed by atoms with Crippen LogP contribution in [-0.4, -0.2) is 17.3 Å². The van der Waals surface area contributed by atoms with Gasteiger partial charge in [0.15, 0.2) is 11.6 Å². The molecular formula is C15H22FNO3S. The average molecular weight is 315 g/mol. The summed E-state index contributed by atoms with van der Waals surface area (Å²) in [5.41, 5.74) is -0.263. The maximum Gasteiger partial charge on any atom is 0.272 e. The van der Waals surface area contributed by atoms with Gasteiger partial charge in [-0.1, -0.05) is 32.1 Å². The molecule has 1 rings (SSSR count). The first-order valence-corrected chi connectivity index (χ1v) is 7.96. The fraction of sp³-hybridized carbons (Fsp3) is 0.600. The van der Waals surface area contributed by atoms with Crippen molar-refractivity contribution >= 4 is 18.3 Å². The first-order valence-electron chi connectivity index (χ1n) is 7.32. The van der Waals surface area contributed by atoms with Crippen LogP contribution in [0.25, 0.3) is 0 Å². The van der Waals surface area contributed by atoms with Gasteiger partial charge in [0.25, 0.3) is 5.69 Å². The number of nitro benzene ring substituents is 1. The van der Waals surface area contributed by atoms with E-state index in [0.29, 0.717) is 6.61 Å². The third-order valence-corrected chi connectivity index (χ3v) is 3.50. The van der Waals surface area contributed by atoms with Gasteiger partial charge in [-0.2, -0.15) is 12.6 Å². The van der Waals surface area contributed by atoms with Crippen molar-refractivity contribution in [3.05, 3.63) is 34.1 Å². The minimum Gasteiger partial charge on any atom is -0.491 e. The summed E-state index contributed by atoms with van der Waals surface area (Å²) in [5.74, 6) is 0.347. The van der Waals surface area contributed by atoms with Crippen LogP contribution >= 0.6 is 12.6 Å². The molecule has 1 aromatic rings. The topological polar surface area (TPSA) is 52.4 Å². The second-order valence-electron chi connectivity index (χ2n) is 4.92. The van der Waals surface area contributed by atoms with Crippen LogP contribution in [0.4, 0.5) is 10.1 Å². The Morgan fingerprint density at radius 2 is 1.71 bits per heavy atom. The third-order valence-electron chi connectivity index (χ3n) is 3.19. The van der Waals surface area contributed by atoms with Crippen LogP contribution in [0.2, 0.25) is 0 Å². The van der Waals surface area contributed by atoms with Crippen molar-refractivity contribution in [3.63, 3.8) is 0 Å². The zero-order valence-corrected chi connectivity index (χ0v) is 13.0. The molecule has 0 radical (unpaired) electrons. The Kier molecular flexibility index (Phi) is 8.82. The number of unbranched alkanes of at least 4 members (excludes halogenated alkanes) is 6. The van der Waals surface area contributed by atoms with Crippen molar-refractivity contribution in [1.29, 1.82) is 0 Å². The van der Waals surface area contributed by atoms with E-state index in [9.17, 15) is 14.5 Å². The number of non-ortho nitro benzene ring substituents is 1. The van der Waals surface area contributed by atoms with Gasteiger partial charge in [0.2, 0.25) is 0 Å². The maximum atomic E-state index is 13.5. The van der Waals surface area contributed by atoms with Gasteiger partial charge < -0.3 is 4.74 Å². The lowest BCUT2D eigenvalue weighted by molar-refractivity contribution is -0.385. The molecule has 0 aliphatic carbocycles. The summed E-state index contributed by atoms with van der Waals surface area (Å²) in [5, 5.41) is 10.5. The Hall–Kier alpha value is -1.30. The second kappa shape index (κ2) is 10.4. The van der Waals surface area contributed by atoms with Crippen molar-refractivity contribution in [1.82, 2.24) is 0 Å². The summed E-state index contributed by atoms with van der Waals surface area (Å²) >= 11 is 4.17. The Morgan fingerprint density at radius 3 is 2.29 bits per heavy atom. The Bertz CT molecular complexity index is 443. The first kappa shape index (κ1) is 17.8. The van der Waals surface area contributed by atoms with Gasteiger partial charge in [-0.3, -0.25) is 10.1 Å². The third kappa shape index (κ3) is 7.32. The molecule has 0 aliphatic rings. The molecule has 0 atom stereocenters. The number of halogens is 1. The van der Waals surface area contributed by atoms with Crippen LogP contribution in [0.3, 0.4) is 0 Å². The fourth-order valence-corrected chi connectivity index (χ4v) is 2.22. The lowest BCUT2D eigenvalue weighted by Gasteiger charge is -2.07. The number of hydrogen-bond donors (Lipinski definition) is 1. The van der Waals surface area contributed by atoms with Crippen molar-refractivity contribution in [2.45, 2.75) is 44.9 Å². The normalized spacial score (nSPS) is 10.6. The molecule has 21 heavy (non-hydrogen) atoms. The van der Waals surface area contributed by atoms with Crippen molar-refractivity contribution in [2.75, 3.05) is 12.4 Å². The van der Waals surface area contributed by atoms with Crippen LogP contribution in [0.1, 0.15) is 44.9 Å². The molecule has 0 heterocycles. The highest BCUT2D eigenvalue weighted by Gasteiger charge is 2.11. The molecule has 1 aromatic carbocycles. The van der Waals surface area contributed by atoms with E-state index in [4.69, 9.17) is 4.74 Å². The highest BCUT2D eigenvalue weighted by molar-refractivity contribution is 7.80. The predicted molar refractivity (Wildman–Crippen MR) is 84.7 cm³/mol. The van der Waals surface area contributed by atoms with Crippen molar-refractivity contribution in [3.8, 4) is 5.75 Å². The molecule has 0 fully saturated rings. The second-order valence-corrected chi connectivity index (χ2v) is 5.37. The summed E-state index contributed by atoms with van der Waals surface area (Å²) in [7, 11) is 0. The summed E-state index contributed by atoms with van der Waals surface area (Å²) in [6, 6.07) is 3.45. The summed E-state index contributed by atoms with van der Waals surface area (Å²) in [4.78, 5) is 9.86. The van der Waals surface area contributed by atoms with Gasteiger partial charge >= 0.3 is 0 Å². The van der Waals surface area contributed by atoms with E-state index in [1.165, 1.54) is 37.8 Å². The Morgan fingerprint density at radius 1 is 1.10 bits per heavy atom. The first-order chi connectivity index (χ1) is 10.1. The van der Waals surface area contributed by atoms with Crippen LogP contribution in [0.15, 0.2) is 18.2 Å². The SMILES string of the molecule is O=[N+]([O-])c1ccc(OCCCCCCCCCS)c(F)c1. The summed E-state index contributed by atoms with van der Waals surface area (Å²) < 4.78 is 18.8. The quantitative estimate of drug-likeness (QED) is 0.277. The smallest absolute Gasteiger partial charge is 0.272 e. The molecular weight excluding hydrogens is 293 g/mol. The van der Waals surface area contributed by atoms with Gasteiger partial charge in [-0.05, 0) is 24.7 Å². The highest BCUT2D eigenvalue weighted by atomic mass is 32.1. The minimum absolute atomic E-state index is 0.0781.